The van der Waals surface area contributed by atoms with Crippen LogP contribution in [0.2, 0.25) is 0 Å². The molecule has 0 N–H and O–H groups in total. The van der Waals surface area contributed by atoms with Crippen molar-refractivity contribution in [2.75, 3.05) is 0 Å². The third-order valence-electron chi connectivity index (χ3n) is 5.55. The van der Waals surface area contributed by atoms with Gasteiger partial charge in [-0.3, -0.25) is 0 Å². The average molecular weight is 294 g/mol. The number of unbranched alkanes of at least 4 members (excludes halogenated alkanes) is 2. The summed E-state index contributed by atoms with van der Waals surface area (Å²) in [7, 11) is 0. The predicted octanol–water partition coefficient (Wildman–Crippen LogP) is 7.00. The van der Waals surface area contributed by atoms with Crippen LogP contribution < -0.4 is 0 Å². The van der Waals surface area contributed by atoms with Crippen molar-refractivity contribution in [1.29, 1.82) is 0 Å². The predicted molar refractivity (Wildman–Crippen MR) is 97.5 cm³/mol. The van der Waals surface area contributed by atoms with Crippen LogP contribution in [0.15, 0.2) is 36.4 Å². The largest absolute Gasteiger partial charge is 0.0654 e. The second kappa shape index (κ2) is 7.31. The molecule has 0 bridgehead atoms. The van der Waals surface area contributed by atoms with Crippen LogP contribution >= 0.6 is 0 Å². The van der Waals surface area contributed by atoms with E-state index in [1.165, 1.54) is 67.7 Å². The first-order chi connectivity index (χ1) is 10.8. The Balaban J connectivity index is 1.62. The molecule has 0 aromatic heterocycles. The Kier molecular flexibility index (Phi) is 5.18. The molecule has 0 nitrogen and oxygen atoms in total. The van der Waals surface area contributed by atoms with Crippen LogP contribution in [-0.2, 0) is 0 Å². The maximum absolute atomic E-state index is 2.44. The molecule has 0 saturated heterocycles. The summed E-state index contributed by atoms with van der Waals surface area (Å²) in [6.07, 6.45) is 11.4. The van der Waals surface area contributed by atoms with E-state index in [9.17, 15) is 0 Å². The van der Waals surface area contributed by atoms with E-state index < -0.39 is 0 Å². The quantitative estimate of drug-likeness (QED) is 0.521. The molecule has 0 heterocycles. The molecule has 0 atom stereocenters. The number of hydrogen-bond acceptors (Lipinski definition) is 0. The van der Waals surface area contributed by atoms with Gasteiger partial charge >= 0.3 is 0 Å². The lowest BCUT2D eigenvalue weighted by molar-refractivity contribution is 0.303. The fourth-order valence-corrected chi connectivity index (χ4v) is 4.11. The van der Waals surface area contributed by atoms with Crippen molar-refractivity contribution in [3.63, 3.8) is 0 Å². The standard InChI is InChI=1S/C22H30/c1-3-4-5-6-18-8-11-19(12-9-18)21-14-13-20-15-17(2)7-10-22(20)16-21/h7,10,13-16,18-19H,3-6,8-9,11-12H2,1-2H3. The van der Waals surface area contributed by atoms with Gasteiger partial charge in [0.15, 0.2) is 0 Å². The van der Waals surface area contributed by atoms with Crippen molar-refractivity contribution in [3.8, 4) is 0 Å². The van der Waals surface area contributed by atoms with E-state index in [2.05, 4.69) is 50.2 Å². The summed E-state index contributed by atoms with van der Waals surface area (Å²) in [5.74, 6) is 1.80. The van der Waals surface area contributed by atoms with Crippen LogP contribution in [-0.4, -0.2) is 0 Å². The molecule has 0 heteroatoms. The van der Waals surface area contributed by atoms with Gasteiger partial charge < -0.3 is 0 Å². The van der Waals surface area contributed by atoms with Gasteiger partial charge in [0.2, 0.25) is 0 Å². The zero-order valence-corrected chi connectivity index (χ0v) is 14.3. The lowest BCUT2D eigenvalue weighted by atomic mass is 9.77. The second-order valence-electron chi connectivity index (χ2n) is 7.32. The van der Waals surface area contributed by atoms with E-state index in [1.807, 2.05) is 0 Å². The highest BCUT2D eigenvalue weighted by atomic mass is 14.3. The number of benzene rings is 2. The maximum Gasteiger partial charge on any atom is -0.0162 e. The van der Waals surface area contributed by atoms with E-state index in [-0.39, 0.29) is 0 Å². The van der Waals surface area contributed by atoms with Gasteiger partial charge in [-0.1, -0.05) is 74.6 Å². The van der Waals surface area contributed by atoms with Gasteiger partial charge in [0, 0.05) is 0 Å². The van der Waals surface area contributed by atoms with Crippen LogP contribution in [0.5, 0.6) is 0 Å². The number of hydrogen-bond donors (Lipinski definition) is 0. The number of rotatable bonds is 5. The van der Waals surface area contributed by atoms with E-state index in [1.54, 1.807) is 5.56 Å². The smallest absolute Gasteiger partial charge is 0.0162 e. The molecule has 118 valence electrons. The number of fused-ring (bicyclic) bond motifs is 1. The molecular formula is C22H30. The Bertz CT molecular complexity index is 602. The molecule has 22 heavy (non-hydrogen) atoms. The van der Waals surface area contributed by atoms with E-state index in [4.69, 9.17) is 0 Å². The lowest BCUT2D eigenvalue weighted by Gasteiger charge is -2.29. The molecule has 1 fully saturated rings. The lowest BCUT2D eigenvalue weighted by Crippen LogP contribution is -2.13. The SMILES string of the molecule is CCCCCC1CCC(c2ccc3cc(C)ccc3c2)CC1. The fraction of sp³-hybridized carbons (Fsp3) is 0.545. The van der Waals surface area contributed by atoms with Crippen molar-refractivity contribution in [1.82, 2.24) is 0 Å². The summed E-state index contributed by atoms with van der Waals surface area (Å²) >= 11 is 0. The van der Waals surface area contributed by atoms with Gasteiger partial charge in [0.05, 0.1) is 0 Å². The summed E-state index contributed by atoms with van der Waals surface area (Å²) < 4.78 is 0. The first kappa shape index (κ1) is 15.6. The molecule has 0 spiro atoms. The Labute approximate surface area is 135 Å². The van der Waals surface area contributed by atoms with E-state index in [0.29, 0.717) is 0 Å². The van der Waals surface area contributed by atoms with Gasteiger partial charge in [-0.25, -0.2) is 0 Å². The summed E-state index contributed by atoms with van der Waals surface area (Å²) in [6, 6.07) is 14.0. The molecule has 1 aliphatic carbocycles. The molecule has 1 saturated carbocycles. The minimum Gasteiger partial charge on any atom is -0.0654 e. The Hall–Kier alpha value is -1.30. The normalized spacial score (nSPS) is 22.1. The van der Waals surface area contributed by atoms with Crippen molar-refractivity contribution < 1.29 is 0 Å². The van der Waals surface area contributed by atoms with Gasteiger partial charge in [-0.2, -0.15) is 0 Å². The zero-order valence-electron chi connectivity index (χ0n) is 14.3. The monoisotopic (exact) mass is 294 g/mol. The third-order valence-corrected chi connectivity index (χ3v) is 5.55. The maximum atomic E-state index is 2.44. The van der Waals surface area contributed by atoms with Crippen LogP contribution in [0.4, 0.5) is 0 Å². The average Bonchev–Trinajstić information content (AvgIpc) is 2.55. The van der Waals surface area contributed by atoms with Crippen LogP contribution in [0.25, 0.3) is 10.8 Å². The van der Waals surface area contributed by atoms with Crippen molar-refractivity contribution in [3.05, 3.63) is 47.5 Å². The van der Waals surface area contributed by atoms with E-state index >= 15 is 0 Å². The van der Waals surface area contributed by atoms with Crippen LogP contribution in [0.3, 0.4) is 0 Å². The van der Waals surface area contributed by atoms with E-state index in [0.717, 1.165) is 11.8 Å². The van der Waals surface area contributed by atoms with Crippen molar-refractivity contribution in [2.45, 2.75) is 71.1 Å². The molecular weight excluding hydrogens is 264 g/mol. The molecule has 0 unspecified atom stereocenters. The summed E-state index contributed by atoms with van der Waals surface area (Å²) in [5.41, 5.74) is 2.93. The Morgan fingerprint density at radius 3 is 2.36 bits per heavy atom. The summed E-state index contributed by atoms with van der Waals surface area (Å²) in [6.45, 7) is 4.48. The topological polar surface area (TPSA) is 0 Å². The Morgan fingerprint density at radius 2 is 1.59 bits per heavy atom. The highest BCUT2D eigenvalue weighted by Crippen LogP contribution is 2.38. The van der Waals surface area contributed by atoms with Crippen LogP contribution in [0, 0.1) is 12.8 Å². The zero-order chi connectivity index (χ0) is 15.4. The highest BCUT2D eigenvalue weighted by molar-refractivity contribution is 5.83. The van der Waals surface area contributed by atoms with Crippen molar-refractivity contribution in [2.24, 2.45) is 5.92 Å². The second-order valence-corrected chi connectivity index (χ2v) is 7.32. The molecule has 1 aliphatic rings. The first-order valence-electron chi connectivity index (χ1n) is 9.26. The molecule has 0 aliphatic heterocycles. The van der Waals surface area contributed by atoms with Gasteiger partial charge in [-0.05, 0) is 60.8 Å². The number of aryl methyl sites for hydroxylation is 1. The summed E-state index contributed by atoms with van der Waals surface area (Å²) in [5, 5.41) is 2.80. The van der Waals surface area contributed by atoms with Crippen LogP contribution in [0.1, 0.15) is 75.3 Å². The minimum atomic E-state index is 0.799. The van der Waals surface area contributed by atoms with Gasteiger partial charge in [-0.15, -0.1) is 0 Å². The fourth-order valence-electron chi connectivity index (χ4n) is 4.11. The van der Waals surface area contributed by atoms with Gasteiger partial charge in [0.1, 0.15) is 0 Å². The Morgan fingerprint density at radius 1 is 0.864 bits per heavy atom. The molecule has 2 aromatic carbocycles. The molecule has 0 amide bonds. The summed E-state index contributed by atoms with van der Waals surface area (Å²) in [4.78, 5) is 0. The molecule has 0 radical (unpaired) electrons. The van der Waals surface area contributed by atoms with Gasteiger partial charge in [0.25, 0.3) is 0 Å². The van der Waals surface area contributed by atoms with Crippen molar-refractivity contribution >= 4 is 10.8 Å². The first-order valence-corrected chi connectivity index (χ1v) is 9.26. The third kappa shape index (κ3) is 3.72. The highest BCUT2D eigenvalue weighted by Gasteiger charge is 2.22. The molecule has 3 rings (SSSR count). The molecule has 2 aromatic rings. The minimum absolute atomic E-state index is 0.799.